The predicted molar refractivity (Wildman–Crippen MR) is 58.3 cm³/mol. The third-order valence-corrected chi connectivity index (χ3v) is 3.00. The van der Waals surface area contributed by atoms with Crippen LogP contribution in [-0.2, 0) is 6.54 Å². The molecule has 2 heterocycles. The molecule has 15 heavy (non-hydrogen) atoms. The normalized spacial score (nSPS) is 23.2. The van der Waals surface area contributed by atoms with Gasteiger partial charge in [-0.1, -0.05) is 5.16 Å². The number of piperidine rings is 1. The van der Waals surface area contributed by atoms with Crippen molar-refractivity contribution >= 4 is 0 Å². The largest absolute Gasteiger partial charge is 0.361 e. The highest BCUT2D eigenvalue weighted by molar-refractivity contribution is 5.03. The van der Waals surface area contributed by atoms with E-state index in [0.717, 1.165) is 37.6 Å². The van der Waals surface area contributed by atoms with Crippen LogP contribution in [0.15, 0.2) is 10.6 Å². The highest BCUT2D eigenvalue weighted by Gasteiger charge is 2.19. The number of hydrogen-bond acceptors (Lipinski definition) is 4. The van der Waals surface area contributed by atoms with E-state index in [1.165, 1.54) is 12.8 Å². The van der Waals surface area contributed by atoms with Gasteiger partial charge < -0.3 is 10.3 Å². The molecule has 84 valence electrons. The third kappa shape index (κ3) is 2.79. The van der Waals surface area contributed by atoms with E-state index in [1.54, 1.807) is 0 Å². The maximum atomic E-state index is 5.70. The van der Waals surface area contributed by atoms with Gasteiger partial charge in [0.2, 0.25) is 0 Å². The van der Waals surface area contributed by atoms with Gasteiger partial charge >= 0.3 is 0 Å². The SMILES string of the molecule is Cc1cc(CN2CCCC(CN)C2)no1. The Morgan fingerprint density at radius 3 is 3.20 bits per heavy atom. The average molecular weight is 209 g/mol. The maximum Gasteiger partial charge on any atom is 0.133 e. The first-order valence-electron chi connectivity index (χ1n) is 5.62. The molecule has 0 spiro atoms. The molecule has 1 aromatic rings. The molecule has 2 rings (SSSR count). The van der Waals surface area contributed by atoms with E-state index < -0.39 is 0 Å². The summed E-state index contributed by atoms with van der Waals surface area (Å²) < 4.78 is 5.06. The van der Waals surface area contributed by atoms with Gasteiger partial charge in [-0.25, -0.2) is 0 Å². The minimum atomic E-state index is 0.659. The molecule has 1 saturated heterocycles. The van der Waals surface area contributed by atoms with Gasteiger partial charge in [0, 0.05) is 19.2 Å². The molecule has 1 unspecified atom stereocenters. The first-order valence-corrected chi connectivity index (χ1v) is 5.62. The highest BCUT2D eigenvalue weighted by atomic mass is 16.5. The van der Waals surface area contributed by atoms with E-state index in [1.807, 2.05) is 13.0 Å². The van der Waals surface area contributed by atoms with Crippen molar-refractivity contribution < 1.29 is 4.52 Å². The fourth-order valence-electron chi connectivity index (χ4n) is 2.21. The molecule has 0 amide bonds. The van der Waals surface area contributed by atoms with E-state index in [4.69, 9.17) is 10.3 Å². The van der Waals surface area contributed by atoms with Crippen LogP contribution in [0.3, 0.4) is 0 Å². The van der Waals surface area contributed by atoms with Crippen molar-refractivity contribution in [1.82, 2.24) is 10.1 Å². The zero-order chi connectivity index (χ0) is 10.7. The Balaban J connectivity index is 1.88. The minimum Gasteiger partial charge on any atom is -0.361 e. The fraction of sp³-hybridized carbons (Fsp3) is 0.727. The van der Waals surface area contributed by atoms with E-state index in [0.29, 0.717) is 5.92 Å². The van der Waals surface area contributed by atoms with Crippen molar-refractivity contribution in [3.63, 3.8) is 0 Å². The van der Waals surface area contributed by atoms with Gasteiger partial charge in [0.15, 0.2) is 0 Å². The van der Waals surface area contributed by atoms with E-state index >= 15 is 0 Å². The Labute approximate surface area is 90.4 Å². The lowest BCUT2D eigenvalue weighted by molar-refractivity contribution is 0.167. The lowest BCUT2D eigenvalue weighted by Crippen LogP contribution is -2.37. The van der Waals surface area contributed by atoms with Gasteiger partial charge in [0.25, 0.3) is 0 Å². The topological polar surface area (TPSA) is 55.3 Å². The van der Waals surface area contributed by atoms with Crippen molar-refractivity contribution in [2.45, 2.75) is 26.3 Å². The van der Waals surface area contributed by atoms with Crippen molar-refractivity contribution in [2.75, 3.05) is 19.6 Å². The number of nitrogens with zero attached hydrogens (tertiary/aromatic N) is 2. The standard InChI is InChI=1S/C11H19N3O/c1-9-5-11(13-15-9)8-14-4-2-3-10(6-12)7-14/h5,10H,2-4,6-8,12H2,1H3. The Morgan fingerprint density at radius 2 is 2.53 bits per heavy atom. The monoisotopic (exact) mass is 209 g/mol. The van der Waals surface area contributed by atoms with Crippen LogP contribution in [0.2, 0.25) is 0 Å². The van der Waals surface area contributed by atoms with Gasteiger partial charge in [0.1, 0.15) is 5.76 Å². The number of hydrogen-bond donors (Lipinski definition) is 1. The van der Waals surface area contributed by atoms with Gasteiger partial charge in [-0.05, 0) is 38.8 Å². The lowest BCUT2D eigenvalue weighted by atomic mass is 9.98. The lowest BCUT2D eigenvalue weighted by Gasteiger charge is -2.31. The van der Waals surface area contributed by atoms with E-state index in [9.17, 15) is 0 Å². The van der Waals surface area contributed by atoms with Crippen molar-refractivity contribution in [3.8, 4) is 0 Å². The van der Waals surface area contributed by atoms with Crippen LogP contribution in [0.5, 0.6) is 0 Å². The Bertz CT molecular complexity index is 311. The molecular weight excluding hydrogens is 190 g/mol. The molecule has 2 N–H and O–H groups in total. The molecular formula is C11H19N3O. The van der Waals surface area contributed by atoms with Crippen LogP contribution < -0.4 is 5.73 Å². The van der Waals surface area contributed by atoms with Gasteiger partial charge in [-0.2, -0.15) is 0 Å². The maximum absolute atomic E-state index is 5.70. The Morgan fingerprint density at radius 1 is 1.67 bits per heavy atom. The molecule has 1 aromatic heterocycles. The molecule has 1 atom stereocenters. The molecule has 1 fully saturated rings. The molecule has 0 saturated carbocycles. The van der Waals surface area contributed by atoms with Crippen molar-refractivity contribution in [3.05, 3.63) is 17.5 Å². The second-order valence-electron chi connectivity index (χ2n) is 4.41. The van der Waals surface area contributed by atoms with Crippen LogP contribution in [0.1, 0.15) is 24.3 Å². The van der Waals surface area contributed by atoms with E-state index in [2.05, 4.69) is 10.1 Å². The summed E-state index contributed by atoms with van der Waals surface area (Å²) in [5.74, 6) is 1.55. The summed E-state index contributed by atoms with van der Waals surface area (Å²) in [6.07, 6.45) is 2.52. The zero-order valence-corrected chi connectivity index (χ0v) is 9.28. The van der Waals surface area contributed by atoms with Crippen LogP contribution >= 0.6 is 0 Å². The van der Waals surface area contributed by atoms with Crippen LogP contribution in [0.25, 0.3) is 0 Å². The summed E-state index contributed by atoms with van der Waals surface area (Å²) in [5, 5.41) is 4.01. The molecule has 0 aromatic carbocycles. The summed E-state index contributed by atoms with van der Waals surface area (Å²) in [4.78, 5) is 2.42. The van der Waals surface area contributed by atoms with Gasteiger partial charge in [0.05, 0.1) is 5.69 Å². The average Bonchev–Trinajstić information content (AvgIpc) is 2.64. The van der Waals surface area contributed by atoms with Crippen molar-refractivity contribution in [1.29, 1.82) is 0 Å². The van der Waals surface area contributed by atoms with Crippen molar-refractivity contribution in [2.24, 2.45) is 11.7 Å². The number of likely N-dealkylation sites (tertiary alicyclic amines) is 1. The molecule has 0 aliphatic carbocycles. The quantitative estimate of drug-likeness (QED) is 0.811. The zero-order valence-electron chi connectivity index (χ0n) is 9.28. The highest BCUT2D eigenvalue weighted by Crippen LogP contribution is 2.17. The molecule has 0 bridgehead atoms. The Hall–Kier alpha value is -0.870. The number of aryl methyl sites for hydroxylation is 1. The molecule has 4 heteroatoms. The second-order valence-corrected chi connectivity index (χ2v) is 4.41. The summed E-state index contributed by atoms with van der Waals surface area (Å²) in [6, 6.07) is 2.01. The summed E-state index contributed by atoms with van der Waals surface area (Å²) >= 11 is 0. The van der Waals surface area contributed by atoms with Gasteiger partial charge in [-0.3, -0.25) is 4.90 Å². The molecule has 4 nitrogen and oxygen atoms in total. The predicted octanol–water partition coefficient (Wildman–Crippen LogP) is 1.15. The molecule has 0 radical (unpaired) electrons. The summed E-state index contributed by atoms with van der Waals surface area (Å²) in [7, 11) is 0. The van der Waals surface area contributed by atoms with Crippen LogP contribution in [0, 0.1) is 12.8 Å². The second kappa shape index (κ2) is 4.77. The third-order valence-electron chi connectivity index (χ3n) is 3.00. The fourth-order valence-corrected chi connectivity index (χ4v) is 2.21. The Kier molecular flexibility index (Phi) is 3.38. The smallest absolute Gasteiger partial charge is 0.133 e. The van der Waals surface area contributed by atoms with E-state index in [-0.39, 0.29) is 0 Å². The number of nitrogens with two attached hydrogens (primary N) is 1. The van der Waals surface area contributed by atoms with Crippen LogP contribution in [0.4, 0.5) is 0 Å². The van der Waals surface area contributed by atoms with Crippen LogP contribution in [-0.4, -0.2) is 29.7 Å². The molecule has 1 aliphatic heterocycles. The minimum absolute atomic E-state index is 0.659. The summed E-state index contributed by atoms with van der Waals surface area (Å²) in [6.45, 7) is 5.88. The summed E-state index contributed by atoms with van der Waals surface area (Å²) in [5.41, 5.74) is 6.73. The number of aromatic nitrogens is 1. The first-order chi connectivity index (χ1) is 7.28. The number of rotatable bonds is 3. The molecule has 1 aliphatic rings. The van der Waals surface area contributed by atoms with Gasteiger partial charge in [-0.15, -0.1) is 0 Å². The first kappa shape index (κ1) is 10.6.